The highest BCUT2D eigenvalue weighted by Gasteiger charge is 2.30. The Balaban J connectivity index is 1.82. The largest absolute Gasteiger partial charge is 0.392 e. The minimum absolute atomic E-state index is 0.136. The Bertz CT molecular complexity index is 509. The van der Waals surface area contributed by atoms with Crippen molar-refractivity contribution >= 4 is 0 Å². The summed E-state index contributed by atoms with van der Waals surface area (Å²) in [7, 11) is 0. The van der Waals surface area contributed by atoms with Gasteiger partial charge >= 0.3 is 0 Å². The van der Waals surface area contributed by atoms with Crippen LogP contribution in [0.3, 0.4) is 0 Å². The van der Waals surface area contributed by atoms with Crippen molar-refractivity contribution in [1.82, 2.24) is 10.2 Å². The minimum Gasteiger partial charge on any atom is -0.392 e. The second-order valence-electron chi connectivity index (χ2n) is 7.41. The zero-order chi connectivity index (χ0) is 16.7. The fourth-order valence-electron chi connectivity index (χ4n) is 3.24. The number of nitrogens with one attached hydrogen (secondary N) is 1. The molecule has 1 fully saturated rings. The normalized spacial score (nSPS) is 22.2. The van der Waals surface area contributed by atoms with Crippen LogP contribution in [0.4, 0.5) is 0 Å². The van der Waals surface area contributed by atoms with E-state index in [1.54, 1.807) is 0 Å². The number of benzene rings is 1. The van der Waals surface area contributed by atoms with Crippen LogP contribution in [0.5, 0.6) is 0 Å². The van der Waals surface area contributed by atoms with E-state index in [0.29, 0.717) is 12.5 Å². The van der Waals surface area contributed by atoms with Crippen LogP contribution in [0, 0.1) is 16.7 Å². The molecule has 0 radical (unpaired) electrons. The standard InChI is InChI=1S/C19H29N3O/c1-19(2,9-6-10-20)15-21-12-17-11-18(23)14-22(17)13-16-7-4-3-5-8-16/h3-5,7-8,17-18,21,23H,6,9,11-15H2,1-2H3. The van der Waals surface area contributed by atoms with E-state index in [0.717, 1.165) is 39.0 Å². The first-order valence-corrected chi connectivity index (χ1v) is 8.54. The molecular formula is C19H29N3O. The maximum Gasteiger partial charge on any atom is 0.0682 e. The van der Waals surface area contributed by atoms with Crippen LogP contribution in [0.2, 0.25) is 0 Å². The minimum atomic E-state index is -0.225. The highest BCUT2D eigenvalue weighted by atomic mass is 16.3. The number of hydrogen-bond donors (Lipinski definition) is 2. The lowest BCUT2D eigenvalue weighted by molar-refractivity contribution is 0.172. The molecule has 1 saturated heterocycles. The Kier molecular flexibility index (Phi) is 6.59. The van der Waals surface area contributed by atoms with Gasteiger partial charge < -0.3 is 10.4 Å². The average Bonchev–Trinajstić information content (AvgIpc) is 2.86. The van der Waals surface area contributed by atoms with E-state index >= 15 is 0 Å². The van der Waals surface area contributed by atoms with E-state index < -0.39 is 0 Å². The van der Waals surface area contributed by atoms with Crippen molar-refractivity contribution in [3.8, 4) is 6.07 Å². The predicted molar refractivity (Wildman–Crippen MR) is 92.8 cm³/mol. The molecule has 0 spiro atoms. The number of aliphatic hydroxyl groups is 1. The third kappa shape index (κ3) is 5.95. The maximum absolute atomic E-state index is 10.0. The van der Waals surface area contributed by atoms with Crippen molar-refractivity contribution in [2.45, 2.75) is 51.8 Å². The highest BCUT2D eigenvalue weighted by Crippen LogP contribution is 2.23. The number of rotatable bonds is 8. The van der Waals surface area contributed by atoms with Crippen LogP contribution >= 0.6 is 0 Å². The quantitative estimate of drug-likeness (QED) is 0.774. The summed E-state index contributed by atoms with van der Waals surface area (Å²) < 4.78 is 0. The molecule has 0 aliphatic carbocycles. The Labute approximate surface area is 140 Å². The van der Waals surface area contributed by atoms with Crippen LogP contribution < -0.4 is 5.32 Å². The van der Waals surface area contributed by atoms with Gasteiger partial charge in [0, 0.05) is 38.6 Å². The Morgan fingerprint density at radius 3 is 2.78 bits per heavy atom. The van der Waals surface area contributed by atoms with Gasteiger partial charge in [0.2, 0.25) is 0 Å². The third-order valence-corrected chi connectivity index (χ3v) is 4.63. The summed E-state index contributed by atoms with van der Waals surface area (Å²) in [5, 5.41) is 22.3. The monoisotopic (exact) mass is 315 g/mol. The molecule has 0 bridgehead atoms. The number of aliphatic hydroxyl groups excluding tert-OH is 1. The fourth-order valence-corrected chi connectivity index (χ4v) is 3.24. The first-order chi connectivity index (χ1) is 11.0. The van der Waals surface area contributed by atoms with E-state index in [2.05, 4.69) is 54.4 Å². The SMILES string of the molecule is CC(C)(CCC#N)CNCC1CC(O)CN1Cc1ccccc1. The van der Waals surface area contributed by atoms with Crippen LogP contribution in [0.1, 0.15) is 38.7 Å². The molecule has 1 aliphatic rings. The Morgan fingerprint density at radius 1 is 1.35 bits per heavy atom. The highest BCUT2D eigenvalue weighted by molar-refractivity contribution is 5.15. The van der Waals surface area contributed by atoms with Gasteiger partial charge in [0.25, 0.3) is 0 Å². The van der Waals surface area contributed by atoms with Crippen LogP contribution in [0.25, 0.3) is 0 Å². The summed E-state index contributed by atoms with van der Waals surface area (Å²) in [6.45, 7) is 7.83. The summed E-state index contributed by atoms with van der Waals surface area (Å²) in [4.78, 5) is 2.37. The lowest BCUT2D eigenvalue weighted by Gasteiger charge is -2.28. The molecule has 126 valence electrons. The number of nitriles is 1. The Morgan fingerprint density at radius 2 is 2.09 bits per heavy atom. The zero-order valence-corrected chi connectivity index (χ0v) is 14.3. The smallest absolute Gasteiger partial charge is 0.0682 e. The molecule has 0 aromatic heterocycles. The predicted octanol–water partition coefficient (Wildman–Crippen LogP) is 2.54. The summed E-state index contributed by atoms with van der Waals surface area (Å²) in [6.07, 6.45) is 2.13. The van der Waals surface area contributed by atoms with Crippen LogP contribution in [-0.2, 0) is 6.54 Å². The van der Waals surface area contributed by atoms with Gasteiger partial charge in [-0.1, -0.05) is 44.2 Å². The number of hydrogen-bond acceptors (Lipinski definition) is 4. The molecule has 4 heteroatoms. The summed E-state index contributed by atoms with van der Waals surface area (Å²) in [5.74, 6) is 0. The summed E-state index contributed by atoms with van der Waals surface area (Å²) >= 11 is 0. The van der Waals surface area contributed by atoms with Gasteiger partial charge in [0.15, 0.2) is 0 Å². The molecule has 1 heterocycles. The van der Waals surface area contributed by atoms with E-state index in [1.807, 2.05) is 6.07 Å². The molecule has 1 aromatic carbocycles. The number of likely N-dealkylation sites (tertiary alicyclic amines) is 1. The van der Waals surface area contributed by atoms with Gasteiger partial charge in [-0.05, 0) is 23.8 Å². The van der Waals surface area contributed by atoms with Gasteiger partial charge in [0.05, 0.1) is 12.2 Å². The summed E-state index contributed by atoms with van der Waals surface area (Å²) in [5.41, 5.74) is 1.43. The first kappa shape index (κ1) is 17.9. The zero-order valence-electron chi connectivity index (χ0n) is 14.3. The van der Waals surface area contributed by atoms with Crippen molar-refractivity contribution in [3.63, 3.8) is 0 Å². The average molecular weight is 315 g/mol. The lowest BCUT2D eigenvalue weighted by Crippen LogP contribution is -2.40. The molecule has 2 atom stereocenters. The van der Waals surface area contributed by atoms with Crippen LogP contribution in [0.15, 0.2) is 30.3 Å². The number of nitrogens with zero attached hydrogens (tertiary/aromatic N) is 2. The second kappa shape index (κ2) is 8.44. The molecule has 0 saturated carbocycles. The van der Waals surface area contributed by atoms with Crippen molar-refractivity contribution in [1.29, 1.82) is 5.26 Å². The van der Waals surface area contributed by atoms with Crippen molar-refractivity contribution in [2.24, 2.45) is 5.41 Å². The molecule has 2 N–H and O–H groups in total. The van der Waals surface area contributed by atoms with Gasteiger partial charge in [-0.25, -0.2) is 0 Å². The lowest BCUT2D eigenvalue weighted by atomic mass is 9.88. The molecular weight excluding hydrogens is 286 g/mol. The topological polar surface area (TPSA) is 59.3 Å². The second-order valence-corrected chi connectivity index (χ2v) is 7.41. The van der Waals surface area contributed by atoms with Crippen molar-refractivity contribution < 1.29 is 5.11 Å². The van der Waals surface area contributed by atoms with E-state index in [1.165, 1.54) is 5.56 Å². The summed E-state index contributed by atoms with van der Waals surface area (Å²) in [6, 6.07) is 13.0. The number of β-amino-alcohol motifs (C(OH)–C–C–N with tert-alkyl or cyclic N) is 1. The van der Waals surface area contributed by atoms with Crippen LogP contribution in [-0.4, -0.2) is 41.8 Å². The molecule has 2 rings (SSSR count). The molecule has 1 aromatic rings. The van der Waals surface area contributed by atoms with E-state index in [4.69, 9.17) is 5.26 Å². The van der Waals surface area contributed by atoms with E-state index in [9.17, 15) is 5.11 Å². The maximum atomic E-state index is 10.0. The van der Waals surface area contributed by atoms with Gasteiger partial charge in [-0.3, -0.25) is 4.90 Å². The van der Waals surface area contributed by atoms with Crippen molar-refractivity contribution in [3.05, 3.63) is 35.9 Å². The van der Waals surface area contributed by atoms with Crippen molar-refractivity contribution in [2.75, 3.05) is 19.6 Å². The third-order valence-electron chi connectivity index (χ3n) is 4.63. The van der Waals surface area contributed by atoms with Gasteiger partial charge in [0.1, 0.15) is 0 Å². The molecule has 4 nitrogen and oxygen atoms in total. The molecule has 2 unspecified atom stereocenters. The Hall–Kier alpha value is -1.41. The molecule has 0 amide bonds. The molecule has 1 aliphatic heterocycles. The van der Waals surface area contributed by atoms with E-state index in [-0.39, 0.29) is 11.5 Å². The van der Waals surface area contributed by atoms with Gasteiger partial charge in [-0.15, -0.1) is 0 Å². The molecule has 23 heavy (non-hydrogen) atoms. The first-order valence-electron chi connectivity index (χ1n) is 8.54. The van der Waals surface area contributed by atoms with Gasteiger partial charge in [-0.2, -0.15) is 5.26 Å². The fraction of sp³-hybridized carbons (Fsp3) is 0.632.